The first-order valence-corrected chi connectivity index (χ1v) is 5.95. The van der Waals surface area contributed by atoms with E-state index in [0.29, 0.717) is 18.2 Å². The molecule has 0 aromatic carbocycles. The third-order valence-electron chi connectivity index (χ3n) is 2.81. The number of carbonyl (C=O) groups is 1. The first kappa shape index (κ1) is 12.3. The highest BCUT2D eigenvalue weighted by Gasteiger charge is 2.19. The van der Waals surface area contributed by atoms with E-state index in [9.17, 15) is 4.79 Å². The van der Waals surface area contributed by atoms with Gasteiger partial charge >= 0.3 is 0 Å². The van der Waals surface area contributed by atoms with Crippen molar-refractivity contribution in [1.82, 2.24) is 19.8 Å². The van der Waals surface area contributed by atoms with Crippen molar-refractivity contribution in [2.75, 3.05) is 26.7 Å². The van der Waals surface area contributed by atoms with E-state index < -0.39 is 0 Å². The second-order valence-electron chi connectivity index (χ2n) is 4.21. The highest BCUT2D eigenvalue weighted by atomic mass is 35.5. The maximum Gasteiger partial charge on any atom is 0.236 e. The molecular weight excluding hydrogens is 240 g/mol. The molecule has 5 nitrogen and oxygen atoms in total. The lowest BCUT2D eigenvalue weighted by atomic mass is 10.3. The fourth-order valence-electron chi connectivity index (χ4n) is 1.83. The lowest BCUT2D eigenvalue weighted by molar-refractivity contribution is -0.130. The Hall–Kier alpha value is -1.20. The van der Waals surface area contributed by atoms with Gasteiger partial charge in [0.2, 0.25) is 5.91 Å². The Bertz CT molecular complexity index is 395. The summed E-state index contributed by atoms with van der Waals surface area (Å²) < 4.78 is 0. The molecule has 0 N–H and O–H groups in total. The van der Waals surface area contributed by atoms with Crippen molar-refractivity contribution >= 4 is 17.5 Å². The van der Waals surface area contributed by atoms with Gasteiger partial charge in [0.15, 0.2) is 0 Å². The lowest BCUT2D eigenvalue weighted by Gasteiger charge is -2.18. The van der Waals surface area contributed by atoms with E-state index in [1.165, 1.54) is 6.20 Å². The molecule has 0 unspecified atom stereocenters. The third-order valence-corrected chi connectivity index (χ3v) is 3.01. The van der Waals surface area contributed by atoms with Gasteiger partial charge in [0.05, 0.1) is 24.6 Å². The molecule has 0 atom stereocenters. The molecule has 0 radical (unpaired) electrons. The van der Waals surface area contributed by atoms with E-state index in [2.05, 4.69) is 14.9 Å². The fourth-order valence-corrected chi connectivity index (χ4v) is 1.93. The average molecular weight is 255 g/mol. The topological polar surface area (TPSA) is 49.3 Å². The van der Waals surface area contributed by atoms with Crippen molar-refractivity contribution in [2.24, 2.45) is 0 Å². The van der Waals surface area contributed by atoms with Crippen molar-refractivity contribution in [3.8, 4) is 0 Å². The van der Waals surface area contributed by atoms with E-state index >= 15 is 0 Å². The van der Waals surface area contributed by atoms with Crippen LogP contribution in [0.3, 0.4) is 0 Å². The van der Waals surface area contributed by atoms with Crippen LogP contribution in [0.4, 0.5) is 0 Å². The maximum absolute atomic E-state index is 11.7. The molecule has 0 spiro atoms. The summed E-state index contributed by atoms with van der Waals surface area (Å²) in [6.07, 6.45) is 4.17. The molecule has 2 rings (SSSR count). The monoisotopic (exact) mass is 254 g/mol. The first-order chi connectivity index (χ1) is 8.15. The second-order valence-corrected chi connectivity index (χ2v) is 4.60. The van der Waals surface area contributed by atoms with E-state index in [-0.39, 0.29) is 5.91 Å². The number of nitrogens with zero attached hydrogens (tertiary/aromatic N) is 4. The summed E-state index contributed by atoms with van der Waals surface area (Å²) in [6.45, 7) is 2.81. The number of aromatic nitrogens is 2. The number of hydrogen-bond donors (Lipinski definition) is 0. The Labute approximate surface area is 105 Å². The van der Waals surface area contributed by atoms with Crippen molar-refractivity contribution in [1.29, 1.82) is 0 Å². The third kappa shape index (κ3) is 3.38. The van der Waals surface area contributed by atoms with E-state index in [1.807, 2.05) is 7.05 Å². The predicted octanol–water partition coefficient (Wildman–Crippen LogP) is 0.794. The maximum atomic E-state index is 11.7. The molecular formula is C11H15ClN4O. The number of rotatable bonds is 2. The van der Waals surface area contributed by atoms with Crippen LogP contribution in [0.15, 0.2) is 12.4 Å². The number of hydrogen-bond acceptors (Lipinski definition) is 4. The van der Waals surface area contributed by atoms with Crippen molar-refractivity contribution in [3.05, 3.63) is 23.2 Å². The smallest absolute Gasteiger partial charge is 0.236 e. The minimum Gasteiger partial charge on any atom is -0.345 e. The molecule has 17 heavy (non-hydrogen) atoms. The van der Waals surface area contributed by atoms with Gasteiger partial charge in [0.25, 0.3) is 0 Å². The van der Waals surface area contributed by atoms with Crippen LogP contribution in [0.25, 0.3) is 0 Å². The summed E-state index contributed by atoms with van der Waals surface area (Å²) in [6, 6.07) is 0. The van der Waals surface area contributed by atoms with Gasteiger partial charge in [-0.15, -0.1) is 0 Å². The van der Waals surface area contributed by atoms with Crippen LogP contribution >= 0.6 is 11.6 Å². The number of carbonyl (C=O) groups excluding carboxylic acids is 1. The van der Waals surface area contributed by atoms with Gasteiger partial charge in [-0.3, -0.25) is 14.7 Å². The molecule has 0 saturated carbocycles. The zero-order chi connectivity index (χ0) is 12.3. The molecule has 1 aromatic rings. The molecule has 1 fully saturated rings. The Morgan fingerprint density at radius 1 is 1.35 bits per heavy atom. The normalized spacial score (nSPS) is 18.2. The van der Waals surface area contributed by atoms with Crippen LogP contribution in [-0.2, 0) is 11.3 Å². The minimum absolute atomic E-state index is 0.157. The molecule has 1 saturated heterocycles. The molecule has 1 amide bonds. The number of halogens is 1. The quantitative estimate of drug-likeness (QED) is 0.783. The Morgan fingerprint density at radius 3 is 2.88 bits per heavy atom. The van der Waals surface area contributed by atoms with Crippen molar-refractivity contribution in [2.45, 2.75) is 13.0 Å². The first-order valence-electron chi connectivity index (χ1n) is 5.58. The van der Waals surface area contributed by atoms with Gasteiger partial charge in [0, 0.05) is 26.7 Å². The Morgan fingerprint density at radius 2 is 2.18 bits per heavy atom. The van der Waals surface area contributed by atoms with Crippen LogP contribution < -0.4 is 0 Å². The zero-order valence-corrected chi connectivity index (χ0v) is 10.5. The molecule has 1 aliphatic rings. The van der Waals surface area contributed by atoms with Gasteiger partial charge < -0.3 is 4.90 Å². The Balaban J connectivity index is 1.98. The van der Waals surface area contributed by atoms with Gasteiger partial charge in [-0.1, -0.05) is 11.6 Å². The largest absolute Gasteiger partial charge is 0.345 e. The number of likely N-dealkylation sites (N-methyl/N-ethyl adjacent to an activating group) is 1. The second kappa shape index (κ2) is 5.42. The standard InChI is InChI=1S/C11H15ClN4O/c1-15-3-2-4-16(8-11(15)17)7-9-5-14-10(12)6-13-9/h5-6H,2-4,7-8H2,1H3. The predicted molar refractivity (Wildman–Crippen MR) is 64.6 cm³/mol. The van der Waals surface area contributed by atoms with E-state index in [1.54, 1.807) is 11.1 Å². The summed E-state index contributed by atoms with van der Waals surface area (Å²) in [4.78, 5) is 23.7. The summed E-state index contributed by atoms with van der Waals surface area (Å²) in [7, 11) is 1.84. The van der Waals surface area contributed by atoms with Crippen LogP contribution in [0, 0.1) is 0 Å². The van der Waals surface area contributed by atoms with Gasteiger partial charge in [-0.05, 0) is 6.42 Å². The van der Waals surface area contributed by atoms with E-state index in [4.69, 9.17) is 11.6 Å². The van der Waals surface area contributed by atoms with Gasteiger partial charge in [0.1, 0.15) is 5.15 Å². The highest BCUT2D eigenvalue weighted by molar-refractivity contribution is 6.29. The molecule has 0 aliphatic carbocycles. The molecule has 92 valence electrons. The van der Waals surface area contributed by atoms with Crippen LogP contribution in [0.1, 0.15) is 12.1 Å². The van der Waals surface area contributed by atoms with Crippen molar-refractivity contribution < 1.29 is 4.79 Å². The molecule has 1 aromatic heterocycles. The van der Waals surface area contributed by atoms with Gasteiger partial charge in [-0.25, -0.2) is 4.98 Å². The van der Waals surface area contributed by atoms with Crippen molar-refractivity contribution in [3.63, 3.8) is 0 Å². The Kier molecular flexibility index (Phi) is 3.91. The summed E-state index contributed by atoms with van der Waals surface area (Å²) in [5, 5.41) is 0.389. The molecule has 1 aliphatic heterocycles. The zero-order valence-electron chi connectivity index (χ0n) is 9.77. The number of amides is 1. The highest BCUT2D eigenvalue weighted by Crippen LogP contribution is 2.08. The van der Waals surface area contributed by atoms with E-state index in [0.717, 1.165) is 25.2 Å². The lowest BCUT2D eigenvalue weighted by Crippen LogP contribution is -2.34. The molecule has 2 heterocycles. The van der Waals surface area contributed by atoms with Gasteiger partial charge in [-0.2, -0.15) is 0 Å². The summed E-state index contributed by atoms with van der Waals surface area (Å²) >= 11 is 5.67. The average Bonchev–Trinajstić information content (AvgIpc) is 2.45. The molecule has 0 bridgehead atoms. The fraction of sp³-hybridized carbons (Fsp3) is 0.545. The van der Waals surface area contributed by atoms with Crippen LogP contribution in [0.2, 0.25) is 5.15 Å². The van der Waals surface area contributed by atoms with Crippen LogP contribution in [0.5, 0.6) is 0 Å². The molecule has 6 heteroatoms. The van der Waals surface area contributed by atoms with Crippen LogP contribution in [-0.4, -0.2) is 52.4 Å². The minimum atomic E-state index is 0.157. The SMILES string of the molecule is CN1CCCN(Cc2cnc(Cl)cn2)CC1=O. The summed E-state index contributed by atoms with van der Waals surface area (Å²) in [5.74, 6) is 0.157. The summed E-state index contributed by atoms with van der Waals surface area (Å²) in [5.41, 5.74) is 0.840.